The molecule has 1 aliphatic rings. The van der Waals surface area contributed by atoms with Crippen LogP contribution in [0.5, 0.6) is 0 Å². The number of aromatic nitrogens is 2. The fourth-order valence-electron chi connectivity index (χ4n) is 4.08. The molecule has 0 radical (unpaired) electrons. The van der Waals surface area contributed by atoms with Gasteiger partial charge in [-0.05, 0) is 55.3 Å². The third kappa shape index (κ3) is 4.16. The molecular formula is C25H24N4O2S. The highest BCUT2D eigenvalue weighted by atomic mass is 32.1. The predicted octanol–water partition coefficient (Wildman–Crippen LogP) is 4.26. The van der Waals surface area contributed by atoms with E-state index < -0.39 is 0 Å². The molecule has 162 valence electrons. The van der Waals surface area contributed by atoms with Gasteiger partial charge in [0.2, 0.25) is 0 Å². The minimum absolute atomic E-state index is 0.0740. The standard InChI is InChI=1S/C25H24N4O2S/c1-17-2-4-19(5-3-17)25(31)29-12-9-20(16-29)21-6-7-22(32-21)24(30)27-15-18-8-11-28-13-10-26-23(28)14-18/h2-8,10-11,13-14,20H,9,12,15-16H2,1H3,(H,27,30). The number of nitrogens with one attached hydrogen (secondary N) is 1. The molecule has 5 rings (SSSR count). The van der Waals surface area contributed by atoms with E-state index in [-0.39, 0.29) is 17.7 Å². The summed E-state index contributed by atoms with van der Waals surface area (Å²) >= 11 is 1.52. The number of hydrogen-bond donors (Lipinski definition) is 1. The molecule has 3 aromatic heterocycles. The first-order chi connectivity index (χ1) is 15.6. The number of carbonyl (C=O) groups excluding carboxylic acids is 2. The average Bonchev–Trinajstić information content (AvgIpc) is 3.57. The fourth-order valence-corrected chi connectivity index (χ4v) is 5.13. The number of carbonyl (C=O) groups is 2. The minimum atomic E-state index is -0.0740. The SMILES string of the molecule is Cc1ccc(C(=O)N2CCC(c3ccc(C(=O)NCc4ccn5ccnc5c4)s3)C2)cc1. The van der Waals surface area contributed by atoms with Crippen LogP contribution in [0.2, 0.25) is 0 Å². The van der Waals surface area contributed by atoms with Crippen LogP contribution in [0, 0.1) is 6.92 Å². The van der Waals surface area contributed by atoms with Gasteiger partial charge < -0.3 is 14.6 Å². The van der Waals surface area contributed by atoms with Crippen LogP contribution >= 0.6 is 11.3 Å². The van der Waals surface area contributed by atoms with E-state index in [0.717, 1.165) is 40.2 Å². The Morgan fingerprint density at radius 3 is 2.81 bits per heavy atom. The number of rotatable bonds is 5. The van der Waals surface area contributed by atoms with Gasteiger partial charge in [-0.3, -0.25) is 9.59 Å². The lowest BCUT2D eigenvalue weighted by Crippen LogP contribution is -2.28. The van der Waals surface area contributed by atoms with Gasteiger partial charge in [-0.25, -0.2) is 4.98 Å². The van der Waals surface area contributed by atoms with Crippen LogP contribution in [0.3, 0.4) is 0 Å². The number of nitrogens with zero attached hydrogens (tertiary/aromatic N) is 3. The maximum Gasteiger partial charge on any atom is 0.261 e. The Morgan fingerprint density at radius 1 is 1.12 bits per heavy atom. The molecule has 1 unspecified atom stereocenters. The molecular weight excluding hydrogens is 420 g/mol. The molecule has 6 nitrogen and oxygen atoms in total. The van der Waals surface area contributed by atoms with E-state index in [2.05, 4.69) is 10.3 Å². The highest BCUT2D eigenvalue weighted by molar-refractivity contribution is 7.14. The first-order valence-corrected chi connectivity index (χ1v) is 11.5. The monoisotopic (exact) mass is 444 g/mol. The number of pyridine rings is 1. The molecule has 7 heteroatoms. The lowest BCUT2D eigenvalue weighted by atomic mass is 10.1. The van der Waals surface area contributed by atoms with Crippen LogP contribution in [0.1, 0.15) is 48.4 Å². The van der Waals surface area contributed by atoms with Crippen LogP contribution in [0.4, 0.5) is 0 Å². The molecule has 4 heterocycles. The van der Waals surface area contributed by atoms with Gasteiger partial charge in [0.1, 0.15) is 5.65 Å². The van der Waals surface area contributed by atoms with Gasteiger partial charge in [-0.1, -0.05) is 17.7 Å². The van der Waals surface area contributed by atoms with E-state index >= 15 is 0 Å². The van der Waals surface area contributed by atoms with Gasteiger partial charge in [-0.2, -0.15) is 0 Å². The Kier molecular flexibility index (Phi) is 5.49. The van der Waals surface area contributed by atoms with E-state index in [0.29, 0.717) is 18.0 Å². The summed E-state index contributed by atoms with van der Waals surface area (Å²) in [6.45, 7) is 3.91. The van der Waals surface area contributed by atoms with Crippen molar-refractivity contribution < 1.29 is 9.59 Å². The quantitative estimate of drug-likeness (QED) is 0.500. The maximum atomic E-state index is 12.8. The molecule has 0 aliphatic carbocycles. The van der Waals surface area contributed by atoms with Crippen LogP contribution in [0.15, 0.2) is 67.1 Å². The second kappa shape index (κ2) is 8.59. The third-order valence-electron chi connectivity index (χ3n) is 5.94. The van der Waals surface area contributed by atoms with Crippen molar-refractivity contribution in [3.05, 3.63) is 93.6 Å². The minimum Gasteiger partial charge on any atom is -0.347 e. The van der Waals surface area contributed by atoms with Crippen molar-refractivity contribution in [1.82, 2.24) is 19.6 Å². The number of benzene rings is 1. The predicted molar refractivity (Wildman–Crippen MR) is 125 cm³/mol. The molecule has 0 spiro atoms. The van der Waals surface area contributed by atoms with E-state index in [1.165, 1.54) is 11.3 Å². The Balaban J connectivity index is 1.19. The Hall–Kier alpha value is -3.45. The molecule has 1 aliphatic heterocycles. The second-order valence-electron chi connectivity index (χ2n) is 8.22. The van der Waals surface area contributed by atoms with Crippen molar-refractivity contribution in [2.75, 3.05) is 13.1 Å². The van der Waals surface area contributed by atoms with Gasteiger partial charge in [0, 0.05) is 54.6 Å². The van der Waals surface area contributed by atoms with Crippen LogP contribution in [-0.2, 0) is 6.54 Å². The summed E-state index contributed by atoms with van der Waals surface area (Å²) in [4.78, 5) is 33.5. The van der Waals surface area contributed by atoms with Gasteiger partial charge in [0.25, 0.3) is 11.8 Å². The Morgan fingerprint density at radius 2 is 1.97 bits per heavy atom. The number of hydrogen-bond acceptors (Lipinski definition) is 4. The summed E-state index contributed by atoms with van der Waals surface area (Å²) in [5.41, 5.74) is 3.75. The highest BCUT2D eigenvalue weighted by Crippen LogP contribution is 2.33. The molecule has 2 amide bonds. The van der Waals surface area contributed by atoms with Crippen LogP contribution < -0.4 is 5.32 Å². The zero-order valence-electron chi connectivity index (χ0n) is 17.8. The molecule has 32 heavy (non-hydrogen) atoms. The Labute approximate surface area is 190 Å². The van der Waals surface area contributed by atoms with Gasteiger partial charge in [-0.15, -0.1) is 11.3 Å². The molecule has 1 N–H and O–H groups in total. The topological polar surface area (TPSA) is 66.7 Å². The van der Waals surface area contributed by atoms with E-state index in [1.807, 2.05) is 77.1 Å². The smallest absolute Gasteiger partial charge is 0.261 e. The van der Waals surface area contributed by atoms with Crippen molar-refractivity contribution >= 4 is 28.8 Å². The van der Waals surface area contributed by atoms with Gasteiger partial charge in [0.15, 0.2) is 0 Å². The normalized spacial score (nSPS) is 15.9. The number of aryl methyl sites for hydroxylation is 1. The molecule has 0 bridgehead atoms. The molecule has 1 aromatic carbocycles. The molecule has 4 aromatic rings. The first kappa shape index (κ1) is 20.5. The van der Waals surface area contributed by atoms with E-state index in [4.69, 9.17) is 0 Å². The number of fused-ring (bicyclic) bond motifs is 1. The Bertz CT molecular complexity index is 1270. The van der Waals surface area contributed by atoms with Crippen LogP contribution in [0.25, 0.3) is 5.65 Å². The molecule has 1 fully saturated rings. The number of likely N-dealkylation sites (tertiary alicyclic amines) is 1. The maximum absolute atomic E-state index is 12.8. The molecule has 0 saturated carbocycles. The lowest BCUT2D eigenvalue weighted by Gasteiger charge is -2.16. The van der Waals surface area contributed by atoms with Crippen molar-refractivity contribution in [3.8, 4) is 0 Å². The zero-order chi connectivity index (χ0) is 22.1. The summed E-state index contributed by atoms with van der Waals surface area (Å²) in [6.07, 6.45) is 6.51. The molecule has 1 atom stereocenters. The first-order valence-electron chi connectivity index (χ1n) is 10.7. The summed E-state index contributed by atoms with van der Waals surface area (Å²) in [7, 11) is 0. The third-order valence-corrected chi connectivity index (χ3v) is 7.19. The van der Waals surface area contributed by atoms with Crippen molar-refractivity contribution in [3.63, 3.8) is 0 Å². The second-order valence-corrected chi connectivity index (χ2v) is 9.33. The van der Waals surface area contributed by atoms with Crippen LogP contribution in [-0.4, -0.2) is 39.2 Å². The fraction of sp³-hybridized carbons (Fsp3) is 0.240. The lowest BCUT2D eigenvalue weighted by molar-refractivity contribution is 0.0790. The van der Waals surface area contributed by atoms with E-state index in [9.17, 15) is 9.59 Å². The number of thiophene rings is 1. The summed E-state index contributed by atoms with van der Waals surface area (Å²) in [5.74, 6) is 0.283. The van der Waals surface area contributed by atoms with Crippen molar-refractivity contribution in [2.45, 2.75) is 25.8 Å². The van der Waals surface area contributed by atoms with Gasteiger partial charge >= 0.3 is 0 Å². The van der Waals surface area contributed by atoms with Gasteiger partial charge in [0.05, 0.1) is 4.88 Å². The van der Waals surface area contributed by atoms with E-state index in [1.54, 1.807) is 6.20 Å². The molecule has 1 saturated heterocycles. The summed E-state index contributed by atoms with van der Waals surface area (Å²) in [5, 5.41) is 3.00. The number of amides is 2. The number of imidazole rings is 1. The summed E-state index contributed by atoms with van der Waals surface area (Å²) in [6, 6.07) is 15.6. The summed E-state index contributed by atoms with van der Waals surface area (Å²) < 4.78 is 1.94. The largest absolute Gasteiger partial charge is 0.347 e. The highest BCUT2D eigenvalue weighted by Gasteiger charge is 2.29. The zero-order valence-corrected chi connectivity index (χ0v) is 18.6. The van der Waals surface area contributed by atoms with Crippen molar-refractivity contribution in [2.24, 2.45) is 0 Å². The van der Waals surface area contributed by atoms with Crippen molar-refractivity contribution in [1.29, 1.82) is 0 Å². The average molecular weight is 445 g/mol.